The minimum Gasteiger partial charge on any atom is -0.309 e. The van der Waals surface area contributed by atoms with E-state index in [0.29, 0.717) is 0 Å². The van der Waals surface area contributed by atoms with Crippen molar-refractivity contribution in [3.63, 3.8) is 0 Å². The van der Waals surface area contributed by atoms with Crippen LogP contribution < -0.4 is 0 Å². The fourth-order valence-electron chi connectivity index (χ4n) is 8.56. The Hall–Kier alpha value is -7.09. The summed E-state index contributed by atoms with van der Waals surface area (Å²) in [6.07, 6.45) is 3.79. The fourth-order valence-corrected chi connectivity index (χ4v) is 9.72. The van der Waals surface area contributed by atoms with E-state index in [2.05, 4.69) is 165 Å². The summed E-state index contributed by atoms with van der Waals surface area (Å²) in [5.41, 5.74) is 14.1. The lowest BCUT2D eigenvalue weighted by Gasteiger charge is -2.17. The summed E-state index contributed by atoms with van der Waals surface area (Å²) < 4.78 is 9.40. The van der Waals surface area contributed by atoms with Gasteiger partial charge in [0.25, 0.3) is 0 Å². The van der Waals surface area contributed by atoms with E-state index in [-0.39, 0.29) is 0 Å². The Morgan fingerprint density at radius 1 is 0.481 bits per heavy atom. The number of para-hydroxylation sites is 5. The number of thiophene rings is 1. The van der Waals surface area contributed by atoms with Crippen LogP contribution in [0.1, 0.15) is 0 Å². The number of nitrogens with zero attached hydrogens (tertiary/aromatic N) is 6. The normalized spacial score (nSPS) is 12.1. The van der Waals surface area contributed by atoms with Crippen LogP contribution in [0.5, 0.6) is 0 Å². The maximum atomic E-state index is 5.22. The summed E-state index contributed by atoms with van der Waals surface area (Å²) in [6.45, 7) is 0. The van der Waals surface area contributed by atoms with Crippen molar-refractivity contribution >= 4 is 81.3 Å². The molecule has 0 spiro atoms. The van der Waals surface area contributed by atoms with Gasteiger partial charge in [0.15, 0.2) is 0 Å². The second-order valence-corrected chi connectivity index (χ2v) is 14.7. The number of imidazole rings is 2. The second-order valence-electron chi connectivity index (χ2n) is 13.6. The van der Waals surface area contributed by atoms with Crippen molar-refractivity contribution in [3.05, 3.63) is 170 Å². The molecule has 6 nitrogen and oxygen atoms in total. The van der Waals surface area contributed by atoms with E-state index in [0.717, 1.165) is 92.9 Å². The molecule has 0 N–H and O–H groups in total. The number of hydrogen-bond donors (Lipinski definition) is 0. The minimum atomic E-state index is 0.897. The van der Waals surface area contributed by atoms with Crippen molar-refractivity contribution in [2.45, 2.75) is 0 Å². The van der Waals surface area contributed by atoms with E-state index in [9.17, 15) is 0 Å². The Morgan fingerprint density at radius 2 is 1.22 bits per heavy atom. The first-order valence-corrected chi connectivity index (χ1v) is 18.9. The van der Waals surface area contributed by atoms with Crippen LogP contribution in [0.25, 0.3) is 104 Å². The van der Waals surface area contributed by atoms with Gasteiger partial charge in [0.05, 0.1) is 59.4 Å². The predicted octanol–water partition coefficient (Wildman–Crippen LogP) is 12.0. The third kappa shape index (κ3) is 4.01. The average Bonchev–Trinajstić information content (AvgIpc) is 3.98. The van der Waals surface area contributed by atoms with Crippen molar-refractivity contribution in [1.82, 2.24) is 28.5 Å². The third-order valence-corrected chi connectivity index (χ3v) is 11.9. The molecule has 0 amide bonds. The summed E-state index contributed by atoms with van der Waals surface area (Å²) in [5, 5.41) is 3.52. The van der Waals surface area contributed by atoms with Crippen molar-refractivity contribution < 1.29 is 0 Å². The number of aromatic nitrogens is 6. The zero-order valence-electron chi connectivity index (χ0n) is 28.8. The monoisotopic (exact) mass is 708 g/mol. The van der Waals surface area contributed by atoms with Crippen molar-refractivity contribution in [3.8, 4) is 33.8 Å². The molecule has 0 bridgehead atoms. The van der Waals surface area contributed by atoms with Crippen molar-refractivity contribution in [2.24, 2.45) is 0 Å². The molecule has 54 heavy (non-hydrogen) atoms. The first-order valence-electron chi connectivity index (χ1n) is 18.0. The Morgan fingerprint density at radius 3 is 2.13 bits per heavy atom. The van der Waals surface area contributed by atoms with Gasteiger partial charge < -0.3 is 4.57 Å². The molecule has 0 unspecified atom stereocenters. The first kappa shape index (κ1) is 29.5. The van der Waals surface area contributed by atoms with Gasteiger partial charge in [-0.2, -0.15) is 0 Å². The maximum Gasteiger partial charge on any atom is 0.220 e. The molecular weight excluding hydrogens is 681 g/mol. The molecule has 0 radical (unpaired) electrons. The molecule has 12 aromatic rings. The van der Waals surface area contributed by atoms with Crippen LogP contribution in [0.3, 0.4) is 0 Å². The number of fused-ring (bicyclic) bond motifs is 12. The maximum absolute atomic E-state index is 5.22. The predicted molar refractivity (Wildman–Crippen MR) is 223 cm³/mol. The van der Waals surface area contributed by atoms with E-state index in [1.165, 1.54) is 10.8 Å². The van der Waals surface area contributed by atoms with Gasteiger partial charge in [-0.3, -0.25) is 18.9 Å². The van der Waals surface area contributed by atoms with Gasteiger partial charge in [0.1, 0.15) is 0 Å². The fraction of sp³-hybridized carbons (Fsp3) is 0. The van der Waals surface area contributed by atoms with E-state index < -0.39 is 0 Å². The van der Waals surface area contributed by atoms with Crippen LogP contribution in [0.15, 0.2) is 170 Å². The summed E-state index contributed by atoms with van der Waals surface area (Å²) in [7, 11) is 0. The van der Waals surface area contributed by atoms with Gasteiger partial charge in [0.2, 0.25) is 5.78 Å². The Kier molecular flexibility index (Phi) is 6.12. The van der Waals surface area contributed by atoms with Crippen LogP contribution in [-0.2, 0) is 0 Å². The Labute approximate surface area is 312 Å². The molecule has 6 aromatic heterocycles. The summed E-state index contributed by atoms with van der Waals surface area (Å²) in [6, 6.07) is 56.0. The lowest BCUT2D eigenvalue weighted by atomic mass is 9.95. The lowest BCUT2D eigenvalue weighted by Crippen LogP contribution is -1.98. The number of pyridine rings is 2. The third-order valence-electron chi connectivity index (χ3n) is 10.8. The molecule has 0 aliphatic heterocycles. The van der Waals surface area contributed by atoms with Crippen molar-refractivity contribution in [2.75, 3.05) is 0 Å². The van der Waals surface area contributed by atoms with Gasteiger partial charge in [-0.15, -0.1) is 11.3 Å². The molecule has 6 aromatic carbocycles. The quantitative estimate of drug-likeness (QED) is 0.183. The van der Waals surface area contributed by atoms with Crippen LogP contribution in [0, 0.1) is 0 Å². The number of rotatable bonds is 4. The highest BCUT2D eigenvalue weighted by Gasteiger charge is 2.24. The highest BCUT2D eigenvalue weighted by molar-refractivity contribution is 7.26. The highest BCUT2D eigenvalue weighted by Crippen LogP contribution is 2.45. The van der Waals surface area contributed by atoms with Gasteiger partial charge in [-0.05, 0) is 72.3 Å². The SMILES string of the molecule is c1ccc(-n2c3ccc4c(c5ccccc5n4-c4ccccc4-c4ccccc4-c4nccc5c4sc4cccnc45)c3n3c4ccccc4nc23)cc1. The minimum absolute atomic E-state index is 0.897. The molecule has 0 aliphatic rings. The molecule has 0 saturated carbocycles. The number of benzene rings is 6. The van der Waals surface area contributed by atoms with Gasteiger partial charge in [0, 0.05) is 45.4 Å². The van der Waals surface area contributed by atoms with Crippen LogP contribution in [0.4, 0.5) is 0 Å². The van der Waals surface area contributed by atoms with Crippen LogP contribution in [0.2, 0.25) is 0 Å². The Bertz CT molecular complexity index is 3460. The molecule has 0 aliphatic carbocycles. The van der Waals surface area contributed by atoms with E-state index in [1.54, 1.807) is 11.3 Å². The average molecular weight is 709 g/mol. The van der Waals surface area contributed by atoms with E-state index in [4.69, 9.17) is 15.0 Å². The van der Waals surface area contributed by atoms with Gasteiger partial charge in [-0.25, -0.2) is 4.98 Å². The summed E-state index contributed by atoms with van der Waals surface area (Å²) in [4.78, 5) is 15.0. The standard InChI is InChI=1S/C47H28N6S/c1-2-13-29(14-3-1)51-40-25-24-39-42(45(40)53-38-22-11-8-19-35(38)50-47(51)53)33-18-7-10-21-37(33)52(39)36-20-9-6-16-31(36)30-15-4-5-17-32(30)44-46-34(26-28-49-44)43-41(54-46)23-12-27-48-43/h1-28H. The van der Waals surface area contributed by atoms with Crippen LogP contribution >= 0.6 is 11.3 Å². The zero-order chi connectivity index (χ0) is 35.3. The molecular formula is C47H28N6S. The van der Waals surface area contributed by atoms with Crippen LogP contribution in [-0.4, -0.2) is 28.5 Å². The molecule has 252 valence electrons. The Balaban J connectivity index is 1.18. The summed E-state index contributed by atoms with van der Waals surface area (Å²) >= 11 is 1.76. The molecule has 6 heterocycles. The molecule has 7 heteroatoms. The molecule has 0 saturated heterocycles. The summed E-state index contributed by atoms with van der Waals surface area (Å²) in [5.74, 6) is 0.897. The van der Waals surface area contributed by atoms with Gasteiger partial charge >= 0.3 is 0 Å². The van der Waals surface area contributed by atoms with Gasteiger partial charge in [-0.1, -0.05) is 91.0 Å². The number of hydrogen-bond acceptors (Lipinski definition) is 4. The molecule has 0 fully saturated rings. The van der Waals surface area contributed by atoms with E-state index >= 15 is 0 Å². The largest absolute Gasteiger partial charge is 0.309 e. The topological polar surface area (TPSA) is 52.9 Å². The van der Waals surface area contributed by atoms with E-state index in [1.807, 2.05) is 18.5 Å². The zero-order valence-corrected chi connectivity index (χ0v) is 29.6. The first-order chi connectivity index (χ1) is 26.8. The second kappa shape index (κ2) is 11.2. The van der Waals surface area contributed by atoms with Crippen molar-refractivity contribution in [1.29, 1.82) is 0 Å². The molecule has 12 rings (SSSR count). The highest BCUT2D eigenvalue weighted by atomic mass is 32.1. The molecule has 0 atom stereocenters. The lowest BCUT2D eigenvalue weighted by molar-refractivity contribution is 1.11. The smallest absolute Gasteiger partial charge is 0.220 e.